The Morgan fingerprint density at radius 2 is 1.95 bits per heavy atom. The van der Waals surface area contributed by atoms with E-state index >= 15 is 0 Å². The normalized spacial score (nSPS) is 15.0. The molecule has 0 spiro atoms. The summed E-state index contributed by atoms with van der Waals surface area (Å²) in [6.07, 6.45) is 9.59. The van der Waals surface area contributed by atoms with Crippen molar-refractivity contribution in [1.82, 2.24) is 5.32 Å². The summed E-state index contributed by atoms with van der Waals surface area (Å²) in [4.78, 5) is 23.3. The van der Waals surface area contributed by atoms with Gasteiger partial charge in [0.1, 0.15) is 6.04 Å². The van der Waals surface area contributed by atoms with Gasteiger partial charge < -0.3 is 10.4 Å². The van der Waals surface area contributed by atoms with Gasteiger partial charge in [0.05, 0.1) is 0 Å². The Balaban J connectivity index is 1.85. The number of carbonyl (C=O) groups excluding carboxylic acids is 1. The van der Waals surface area contributed by atoms with Gasteiger partial charge in [-0.05, 0) is 24.8 Å². The van der Waals surface area contributed by atoms with Gasteiger partial charge in [-0.1, -0.05) is 54.1 Å². The fraction of sp³-hybridized carbons (Fsp3) is 0.333. The zero-order valence-corrected chi connectivity index (χ0v) is 12.5. The Morgan fingerprint density at radius 1 is 1.18 bits per heavy atom. The van der Waals surface area contributed by atoms with Crippen LogP contribution in [0.25, 0.3) is 0 Å². The molecule has 0 saturated carbocycles. The SMILES string of the molecule is O=C(CCC1=CCCC=C1)NC(Cc1ccccc1)C(=O)O. The van der Waals surface area contributed by atoms with Crippen LogP contribution in [0.15, 0.2) is 54.1 Å². The van der Waals surface area contributed by atoms with Crippen molar-refractivity contribution in [2.75, 3.05) is 0 Å². The lowest BCUT2D eigenvalue weighted by Crippen LogP contribution is -2.42. The molecule has 1 aromatic carbocycles. The van der Waals surface area contributed by atoms with Gasteiger partial charge in [-0.15, -0.1) is 0 Å². The minimum absolute atomic E-state index is 0.219. The Hall–Kier alpha value is -2.36. The molecular formula is C18H21NO3. The summed E-state index contributed by atoms with van der Waals surface area (Å²) in [6, 6.07) is 8.43. The standard InChI is InChI=1S/C18H21NO3/c20-17(12-11-14-7-3-1-4-8-14)19-16(18(21)22)13-15-9-5-2-6-10-15/h2-3,5-10,16H,1,4,11-13H2,(H,19,20)(H,21,22). The van der Waals surface area contributed by atoms with Crippen LogP contribution >= 0.6 is 0 Å². The van der Waals surface area contributed by atoms with Crippen LogP contribution in [0.5, 0.6) is 0 Å². The molecule has 0 fully saturated rings. The third-order valence-electron chi connectivity index (χ3n) is 3.63. The fourth-order valence-corrected chi connectivity index (χ4v) is 2.43. The van der Waals surface area contributed by atoms with E-state index < -0.39 is 12.0 Å². The van der Waals surface area contributed by atoms with E-state index in [0.717, 1.165) is 24.0 Å². The van der Waals surface area contributed by atoms with E-state index in [4.69, 9.17) is 0 Å². The number of nitrogens with one attached hydrogen (secondary N) is 1. The third kappa shape index (κ3) is 5.20. The quantitative estimate of drug-likeness (QED) is 0.813. The number of hydrogen-bond donors (Lipinski definition) is 2. The molecule has 0 radical (unpaired) electrons. The predicted molar refractivity (Wildman–Crippen MR) is 85.4 cm³/mol. The molecule has 1 atom stereocenters. The van der Waals surface area contributed by atoms with E-state index in [-0.39, 0.29) is 5.91 Å². The number of carboxylic acid groups (broad SMARTS) is 1. The average molecular weight is 299 g/mol. The van der Waals surface area contributed by atoms with Gasteiger partial charge in [-0.2, -0.15) is 0 Å². The first-order chi connectivity index (χ1) is 10.6. The molecule has 4 nitrogen and oxygen atoms in total. The molecule has 0 heterocycles. The summed E-state index contributed by atoms with van der Waals surface area (Å²) < 4.78 is 0. The zero-order valence-electron chi connectivity index (χ0n) is 12.5. The van der Waals surface area contributed by atoms with Crippen LogP contribution in [0.3, 0.4) is 0 Å². The van der Waals surface area contributed by atoms with Crippen LogP contribution in [-0.4, -0.2) is 23.0 Å². The molecule has 22 heavy (non-hydrogen) atoms. The second-order valence-electron chi connectivity index (χ2n) is 5.41. The second-order valence-corrected chi connectivity index (χ2v) is 5.41. The topological polar surface area (TPSA) is 66.4 Å². The van der Waals surface area contributed by atoms with Crippen molar-refractivity contribution in [3.8, 4) is 0 Å². The maximum atomic E-state index is 12.0. The van der Waals surface area contributed by atoms with Gasteiger partial charge in [-0.3, -0.25) is 4.79 Å². The number of rotatable bonds is 7. The summed E-state index contributed by atoms with van der Waals surface area (Å²) >= 11 is 0. The minimum atomic E-state index is -1.01. The first-order valence-corrected chi connectivity index (χ1v) is 7.57. The van der Waals surface area contributed by atoms with Crippen molar-refractivity contribution in [2.45, 2.75) is 38.1 Å². The van der Waals surface area contributed by atoms with Gasteiger partial charge in [-0.25, -0.2) is 4.79 Å². The van der Waals surface area contributed by atoms with Gasteiger partial charge in [0.25, 0.3) is 0 Å². The highest BCUT2D eigenvalue weighted by Gasteiger charge is 2.20. The molecule has 1 aliphatic carbocycles. The van der Waals surface area contributed by atoms with Crippen molar-refractivity contribution >= 4 is 11.9 Å². The lowest BCUT2D eigenvalue weighted by atomic mass is 10.0. The number of carbonyl (C=O) groups is 2. The Morgan fingerprint density at radius 3 is 2.59 bits per heavy atom. The molecule has 1 amide bonds. The zero-order chi connectivity index (χ0) is 15.8. The molecular weight excluding hydrogens is 278 g/mol. The monoisotopic (exact) mass is 299 g/mol. The Labute approximate surface area is 130 Å². The van der Waals surface area contributed by atoms with E-state index in [1.54, 1.807) is 0 Å². The number of carboxylic acids is 1. The van der Waals surface area contributed by atoms with Gasteiger partial charge in [0.2, 0.25) is 5.91 Å². The van der Waals surface area contributed by atoms with Crippen molar-refractivity contribution in [1.29, 1.82) is 0 Å². The van der Waals surface area contributed by atoms with Crippen molar-refractivity contribution in [3.63, 3.8) is 0 Å². The number of amides is 1. The first kappa shape index (κ1) is 16.0. The highest BCUT2D eigenvalue weighted by molar-refractivity contribution is 5.83. The Kier molecular flexibility index (Phi) is 5.95. The molecule has 2 N–H and O–H groups in total. The highest BCUT2D eigenvalue weighted by atomic mass is 16.4. The number of benzene rings is 1. The molecule has 1 aromatic rings. The summed E-state index contributed by atoms with van der Waals surface area (Å²) in [5, 5.41) is 11.9. The van der Waals surface area contributed by atoms with Crippen molar-refractivity contribution in [3.05, 3.63) is 59.7 Å². The van der Waals surface area contributed by atoms with E-state index in [9.17, 15) is 14.7 Å². The molecule has 1 aliphatic rings. The van der Waals surface area contributed by atoms with Gasteiger partial charge in [0, 0.05) is 12.8 Å². The van der Waals surface area contributed by atoms with E-state index in [2.05, 4.69) is 17.5 Å². The van der Waals surface area contributed by atoms with Crippen LogP contribution in [0.2, 0.25) is 0 Å². The molecule has 116 valence electrons. The number of allylic oxidation sites excluding steroid dienone is 4. The number of hydrogen-bond acceptors (Lipinski definition) is 2. The summed E-state index contributed by atoms with van der Waals surface area (Å²) in [6.45, 7) is 0. The van der Waals surface area contributed by atoms with Crippen LogP contribution in [0.4, 0.5) is 0 Å². The van der Waals surface area contributed by atoms with Crippen molar-refractivity contribution in [2.24, 2.45) is 0 Å². The smallest absolute Gasteiger partial charge is 0.326 e. The third-order valence-corrected chi connectivity index (χ3v) is 3.63. The minimum Gasteiger partial charge on any atom is -0.480 e. The van der Waals surface area contributed by atoms with Crippen LogP contribution in [-0.2, 0) is 16.0 Å². The molecule has 0 bridgehead atoms. The van der Waals surface area contributed by atoms with Gasteiger partial charge in [0.15, 0.2) is 0 Å². The lowest BCUT2D eigenvalue weighted by Gasteiger charge is -2.15. The molecule has 0 saturated heterocycles. The molecule has 2 rings (SSSR count). The summed E-state index contributed by atoms with van der Waals surface area (Å²) in [5.74, 6) is -1.22. The molecule has 1 unspecified atom stereocenters. The van der Waals surface area contributed by atoms with Crippen molar-refractivity contribution < 1.29 is 14.7 Å². The summed E-state index contributed by atoms with van der Waals surface area (Å²) in [7, 11) is 0. The largest absolute Gasteiger partial charge is 0.480 e. The summed E-state index contributed by atoms with van der Waals surface area (Å²) in [5.41, 5.74) is 2.05. The average Bonchev–Trinajstić information content (AvgIpc) is 2.54. The predicted octanol–water partition coefficient (Wildman–Crippen LogP) is 2.86. The maximum Gasteiger partial charge on any atom is 0.326 e. The number of aliphatic carboxylic acids is 1. The van der Waals surface area contributed by atoms with Crippen LogP contribution in [0, 0.1) is 0 Å². The van der Waals surface area contributed by atoms with Gasteiger partial charge >= 0.3 is 5.97 Å². The fourth-order valence-electron chi connectivity index (χ4n) is 2.43. The molecule has 0 aromatic heterocycles. The van der Waals surface area contributed by atoms with E-state index in [0.29, 0.717) is 19.3 Å². The molecule has 0 aliphatic heterocycles. The second kappa shape index (κ2) is 8.17. The van der Waals surface area contributed by atoms with Crippen LogP contribution < -0.4 is 5.32 Å². The first-order valence-electron chi connectivity index (χ1n) is 7.57. The lowest BCUT2D eigenvalue weighted by molar-refractivity contribution is -0.141. The maximum absolute atomic E-state index is 12.0. The van der Waals surface area contributed by atoms with E-state index in [1.165, 1.54) is 0 Å². The molecule has 4 heteroatoms. The Bertz CT molecular complexity index is 575. The highest BCUT2D eigenvalue weighted by Crippen LogP contribution is 2.14. The van der Waals surface area contributed by atoms with Crippen LogP contribution in [0.1, 0.15) is 31.2 Å². The van der Waals surface area contributed by atoms with E-state index in [1.807, 2.05) is 36.4 Å².